The van der Waals surface area contributed by atoms with E-state index in [4.69, 9.17) is 5.26 Å². The van der Waals surface area contributed by atoms with Crippen LogP contribution in [-0.2, 0) is 5.75 Å². The molecule has 0 saturated carbocycles. The Morgan fingerprint density at radius 3 is 2.37 bits per heavy atom. The van der Waals surface area contributed by atoms with Crippen LogP contribution in [0.1, 0.15) is 40.0 Å². The van der Waals surface area contributed by atoms with Gasteiger partial charge >= 0.3 is 0 Å². The first kappa shape index (κ1) is 18.8. The fourth-order valence-electron chi connectivity index (χ4n) is 2.72. The Hall–Kier alpha value is -3.03. The van der Waals surface area contributed by atoms with E-state index in [0.717, 1.165) is 21.8 Å². The van der Waals surface area contributed by atoms with Gasteiger partial charge in [0.2, 0.25) is 0 Å². The molecule has 0 heterocycles. The van der Waals surface area contributed by atoms with Gasteiger partial charge in [0, 0.05) is 10.6 Å². The van der Waals surface area contributed by atoms with E-state index in [1.807, 2.05) is 85.8 Å². The summed E-state index contributed by atoms with van der Waals surface area (Å²) in [5.74, 6) is 0.666. The van der Waals surface area contributed by atoms with Gasteiger partial charge in [0.1, 0.15) is 0 Å². The highest BCUT2D eigenvalue weighted by Crippen LogP contribution is 2.27. The molecule has 0 aromatic heterocycles. The number of nitriles is 1. The van der Waals surface area contributed by atoms with Gasteiger partial charge in [0.15, 0.2) is 0 Å². The number of nitrogens with one attached hydrogen (secondary N) is 1. The highest BCUT2D eigenvalue weighted by atomic mass is 32.2. The summed E-state index contributed by atoms with van der Waals surface area (Å²) in [6.45, 7) is 1.99. The molecule has 3 rings (SSSR count). The Bertz CT molecular complexity index is 946. The van der Waals surface area contributed by atoms with E-state index in [-0.39, 0.29) is 11.9 Å². The minimum Gasteiger partial charge on any atom is -0.345 e. The first-order chi connectivity index (χ1) is 13.2. The summed E-state index contributed by atoms with van der Waals surface area (Å²) in [5.41, 5.74) is 3.53. The number of rotatable bonds is 6. The monoisotopic (exact) mass is 372 g/mol. The summed E-state index contributed by atoms with van der Waals surface area (Å²) in [7, 11) is 0. The second-order valence-corrected chi connectivity index (χ2v) is 7.22. The fraction of sp³-hybridized carbons (Fsp3) is 0.130. The van der Waals surface area contributed by atoms with E-state index in [9.17, 15) is 4.79 Å². The van der Waals surface area contributed by atoms with E-state index >= 15 is 0 Å². The van der Waals surface area contributed by atoms with Gasteiger partial charge in [-0.25, -0.2) is 0 Å². The van der Waals surface area contributed by atoms with Crippen LogP contribution in [-0.4, -0.2) is 5.91 Å². The molecule has 3 aromatic rings. The number of hydrogen-bond donors (Lipinski definition) is 1. The minimum absolute atomic E-state index is 0.0599. The topological polar surface area (TPSA) is 52.9 Å². The lowest BCUT2D eigenvalue weighted by atomic mass is 10.1. The van der Waals surface area contributed by atoms with Crippen LogP contribution < -0.4 is 5.32 Å². The first-order valence-corrected chi connectivity index (χ1v) is 9.72. The summed E-state index contributed by atoms with van der Waals surface area (Å²) in [5, 5.41) is 12.0. The Kier molecular flexibility index (Phi) is 6.30. The number of benzene rings is 3. The largest absolute Gasteiger partial charge is 0.345 e. The molecule has 3 aromatic carbocycles. The van der Waals surface area contributed by atoms with Gasteiger partial charge in [-0.2, -0.15) is 5.26 Å². The van der Waals surface area contributed by atoms with Crippen LogP contribution in [0.2, 0.25) is 0 Å². The second-order valence-electron chi connectivity index (χ2n) is 6.20. The van der Waals surface area contributed by atoms with Crippen LogP contribution in [0.4, 0.5) is 0 Å². The maximum atomic E-state index is 12.8. The number of amides is 1. The predicted molar refractivity (Wildman–Crippen MR) is 109 cm³/mol. The molecule has 3 nitrogen and oxygen atoms in total. The molecule has 0 radical (unpaired) electrons. The van der Waals surface area contributed by atoms with Gasteiger partial charge in [-0.1, -0.05) is 54.6 Å². The van der Waals surface area contributed by atoms with Crippen molar-refractivity contribution < 1.29 is 4.79 Å². The quantitative estimate of drug-likeness (QED) is 0.594. The fourth-order valence-corrected chi connectivity index (χ4v) is 3.72. The molecule has 0 aliphatic carbocycles. The van der Waals surface area contributed by atoms with Gasteiger partial charge in [0.05, 0.1) is 23.2 Å². The molecule has 0 bridgehead atoms. The van der Waals surface area contributed by atoms with Crippen LogP contribution in [0.15, 0.2) is 83.8 Å². The molecule has 1 N–H and O–H groups in total. The maximum Gasteiger partial charge on any atom is 0.252 e. The van der Waals surface area contributed by atoms with Crippen molar-refractivity contribution in [1.82, 2.24) is 5.32 Å². The Morgan fingerprint density at radius 1 is 1.00 bits per heavy atom. The number of carbonyl (C=O) groups excluding carboxylic acids is 1. The highest BCUT2D eigenvalue weighted by molar-refractivity contribution is 7.98. The van der Waals surface area contributed by atoms with Crippen molar-refractivity contribution in [2.75, 3.05) is 0 Å². The van der Waals surface area contributed by atoms with Crippen molar-refractivity contribution in [2.24, 2.45) is 0 Å². The number of nitrogens with zero attached hydrogens (tertiary/aromatic N) is 1. The predicted octanol–water partition coefficient (Wildman–Crippen LogP) is 5.34. The Morgan fingerprint density at radius 2 is 1.67 bits per heavy atom. The molecule has 0 aliphatic heterocycles. The number of carbonyl (C=O) groups is 1. The number of hydrogen-bond acceptors (Lipinski definition) is 3. The number of thioether (sulfide) groups is 1. The zero-order chi connectivity index (χ0) is 19.1. The lowest BCUT2D eigenvalue weighted by Gasteiger charge is -2.16. The van der Waals surface area contributed by atoms with E-state index in [0.29, 0.717) is 11.1 Å². The molecule has 134 valence electrons. The van der Waals surface area contributed by atoms with Crippen LogP contribution in [0.5, 0.6) is 0 Å². The van der Waals surface area contributed by atoms with E-state index in [1.54, 1.807) is 11.8 Å². The third-order valence-electron chi connectivity index (χ3n) is 4.26. The SMILES string of the molecule is CC(NC(=O)c1ccccc1SCc1ccc(C#N)cc1)c1ccccc1. The smallest absolute Gasteiger partial charge is 0.252 e. The standard InChI is InChI=1S/C23H20N2OS/c1-17(20-7-3-2-4-8-20)25-23(26)21-9-5-6-10-22(21)27-16-19-13-11-18(15-24)12-14-19/h2-14,17H,16H2,1H3,(H,25,26). The lowest BCUT2D eigenvalue weighted by Crippen LogP contribution is -2.27. The molecule has 0 spiro atoms. The average molecular weight is 372 g/mol. The zero-order valence-corrected chi connectivity index (χ0v) is 15.9. The average Bonchev–Trinajstić information content (AvgIpc) is 2.73. The van der Waals surface area contributed by atoms with Gasteiger partial charge in [-0.15, -0.1) is 11.8 Å². The van der Waals surface area contributed by atoms with Crippen molar-refractivity contribution in [3.05, 3.63) is 101 Å². The van der Waals surface area contributed by atoms with Crippen molar-refractivity contribution in [2.45, 2.75) is 23.6 Å². The minimum atomic E-state index is -0.0747. The van der Waals surface area contributed by atoms with Gasteiger partial charge in [-0.05, 0) is 42.3 Å². The summed E-state index contributed by atoms with van der Waals surface area (Å²) < 4.78 is 0. The van der Waals surface area contributed by atoms with E-state index in [1.165, 1.54) is 0 Å². The van der Waals surface area contributed by atoms with Gasteiger partial charge in [0.25, 0.3) is 5.91 Å². The van der Waals surface area contributed by atoms with Crippen molar-refractivity contribution in [3.63, 3.8) is 0 Å². The van der Waals surface area contributed by atoms with Crippen LogP contribution >= 0.6 is 11.8 Å². The highest BCUT2D eigenvalue weighted by Gasteiger charge is 2.14. The molecule has 27 heavy (non-hydrogen) atoms. The molecule has 1 amide bonds. The molecule has 0 aliphatic rings. The molecule has 1 unspecified atom stereocenters. The molecular formula is C23H20N2OS. The summed E-state index contributed by atoms with van der Waals surface area (Å²) >= 11 is 1.62. The zero-order valence-electron chi connectivity index (χ0n) is 15.1. The van der Waals surface area contributed by atoms with E-state index in [2.05, 4.69) is 11.4 Å². The van der Waals surface area contributed by atoms with E-state index < -0.39 is 0 Å². The van der Waals surface area contributed by atoms with Crippen molar-refractivity contribution >= 4 is 17.7 Å². The van der Waals surface area contributed by atoms with Crippen LogP contribution in [0.3, 0.4) is 0 Å². The van der Waals surface area contributed by atoms with Crippen LogP contribution in [0.25, 0.3) is 0 Å². The van der Waals surface area contributed by atoms with Crippen molar-refractivity contribution in [1.29, 1.82) is 5.26 Å². The lowest BCUT2D eigenvalue weighted by molar-refractivity contribution is 0.0937. The third-order valence-corrected chi connectivity index (χ3v) is 5.40. The van der Waals surface area contributed by atoms with Gasteiger partial charge < -0.3 is 5.32 Å². The third kappa shape index (κ3) is 4.99. The summed E-state index contributed by atoms with van der Waals surface area (Å²) in [6, 6.07) is 27.2. The molecule has 4 heteroatoms. The molecule has 0 saturated heterocycles. The summed E-state index contributed by atoms with van der Waals surface area (Å²) in [4.78, 5) is 13.7. The Balaban J connectivity index is 1.69. The summed E-state index contributed by atoms with van der Waals surface area (Å²) in [6.07, 6.45) is 0. The van der Waals surface area contributed by atoms with Crippen molar-refractivity contribution in [3.8, 4) is 6.07 Å². The molecule has 1 atom stereocenters. The second kappa shape index (κ2) is 9.07. The van der Waals surface area contributed by atoms with Gasteiger partial charge in [-0.3, -0.25) is 4.79 Å². The van der Waals surface area contributed by atoms with Crippen LogP contribution in [0, 0.1) is 11.3 Å². The first-order valence-electron chi connectivity index (χ1n) is 8.74. The Labute approximate surface area is 164 Å². The maximum absolute atomic E-state index is 12.8. The molecule has 0 fully saturated rings. The normalized spacial score (nSPS) is 11.4. The molecular weight excluding hydrogens is 352 g/mol.